The number of hydrogen-bond acceptors (Lipinski definition) is 2. The summed E-state index contributed by atoms with van der Waals surface area (Å²) in [5, 5.41) is 0.831. The summed E-state index contributed by atoms with van der Waals surface area (Å²) in [5.74, 6) is 1.68. The van der Waals surface area contributed by atoms with Crippen LogP contribution in [-0.4, -0.2) is 7.11 Å². The van der Waals surface area contributed by atoms with Gasteiger partial charge in [-0.2, -0.15) is 0 Å². The maximum atomic E-state index is 5.88. The van der Waals surface area contributed by atoms with Crippen LogP contribution < -0.4 is 9.47 Å². The maximum Gasteiger partial charge on any atom is 0.134 e. The fraction of sp³-hybridized carbons (Fsp3) is 0.250. The van der Waals surface area contributed by atoms with Gasteiger partial charge in [-0.1, -0.05) is 33.6 Å². The summed E-state index contributed by atoms with van der Waals surface area (Å²) in [4.78, 5) is 0. The molecule has 0 radical (unpaired) electrons. The molecule has 2 aromatic carbocycles. The number of ether oxygens (including phenoxy) is 2. The predicted octanol–water partition coefficient (Wildman–Crippen LogP) is 5.24. The van der Waals surface area contributed by atoms with Gasteiger partial charge in [0.15, 0.2) is 0 Å². The van der Waals surface area contributed by atoms with E-state index >= 15 is 0 Å². The lowest BCUT2D eigenvalue weighted by atomic mass is 10.1. The fourth-order valence-electron chi connectivity index (χ4n) is 1.92. The summed E-state index contributed by atoms with van der Waals surface area (Å²) >= 11 is 6.98. The van der Waals surface area contributed by atoms with Gasteiger partial charge in [0.1, 0.15) is 18.1 Å². The van der Waals surface area contributed by atoms with Crippen molar-refractivity contribution in [3.05, 3.63) is 57.6 Å². The molecular formula is C16H16Br2O2. The summed E-state index contributed by atoms with van der Waals surface area (Å²) in [6, 6.07) is 12.2. The SMILES string of the molecule is COc1ccc(C)cc1COc1ccc(CBr)cc1Br. The van der Waals surface area contributed by atoms with E-state index in [0.29, 0.717) is 6.61 Å². The van der Waals surface area contributed by atoms with Crippen molar-refractivity contribution in [3.63, 3.8) is 0 Å². The molecule has 0 saturated heterocycles. The highest BCUT2D eigenvalue weighted by Gasteiger charge is 2.07. The van der Waals surface area contributed by atoms with Crippen LogP contribution in [0, 0.1) is 6.92 Å². The van der Waals surface area contributed by atoms with E-state index in [1.54, 1.807) is 7.11 Å². The van der Waals surface area contributed by atoms with E-state index in [-0.39, 0.29) is 0 Å². The molecule has 0 aliphatic rings. The zero-order valence-electron chi connectivity index (χ0n) is 11.5. The third-order valence-electron chi connectivity index (χ3n) is 2.97. The zero-order chi connectivity index (χ0) is 14.5. The molecule has 106 valence electrons. The second-order valence-electron chi connectivity index (χ2n) is 4.50. The normalized spacial score (nSPS) is 10.4. The molecule has 0 unspecified atom stereocenters. The zero-order valence-corrected chi connectivity index (χ0v) is 14.6. The van der Waals surface area contributed by atoms with Crippen LogP contribution in [-0.2, 0) is 11.9 Å². The van der Waals surface area contributed by atoms with Gasteiger partial charge in [0.25, 0.3) is 0 Å². The molecule has 0 atom stereocenters. The van der Waals surface area contributed by atoms with E-state index in [9.17, 15) is 0 Å². The molecule has 20 heavy (non-hydrogen) atoms. The molecule has 0 aliphatic heterocycles. The number of aryl methyl sites for hydroxylation is 1. The molecule has 0 aliphatic carbocycles. The lowest BCUT2D eigenvalue weighted by Gasteiger charge is -2.12. The number of halogens is 2. The number of methoxy groups -OCH3 is 1. The van der Waals surface area contributed by atoms with Crippen LogP contribution in [0.25, 0.3) is 0 Å². The maximum absolute atomic E-state index is 5.88. The first-order valence-electron chi connectivity index (χ1n) is 6.24. The average Bonchev–Trinajstić information content (AvgIpc) is 2.46. The monoisotopic (exact) mass is 398 g/mol. The van der Waals surface area contributed by atoms with Crippen molar-refractivity contribution < 1.29 is 9.47 Å². The van der Waals surface area contributed by atoms with Crippen LogP contribution in [0.2, 0.25) is 0 Å². The Morgan fingerprint density at radius 2 is 1.80 bits per heavy atom. The second-order valence-corrected chi connectivity index (χ2v) is 5.92. The summed E-state index contributed by atoms with van der Waals surface area (Å²) in [6.45, 7) is 2.54. The first-order valence-corrected chi connectivity index (χ1v) is 8.16. The quantitative estimate of drug-likeness (QED) is 0.640. The molecule has 0 aromatic heterocycles. The highest BCUT2D eigenvalue weighted by atomic mass is 79.9. The molecule has 2 nitrogen and oxygen atoms in total. The molecule has 2 aromatic rings. The molecule has 0 bridgehead atoms. The van der Waals surface area contributed by atoms with Crippen molar-refractivity contribution >= 4 is 31.9 Å². The lowest BCUT2D eigenvalue weighted by Crippen LogP contribution is -2.00. The minimum absolute atomic E-state index is 0.483. The lowest BCUT2D eigenvalue weighted by molar-refractivity contribution is 0.295. The standard InChI is InChI=1S/C16H16Br2O2/c1-11-3-5-15(19-2)13(7-11)10-20-16-6-4-12(9-17)8-14(16)18/h3-8H,9-10H2,1-2H3. The van der Waals surface area contributed by atoms with Crippen LogP contribution in [0.5, 0.6) is 11.5 Å². The van der Waals surface area contributed by atoms with Gasteiger partial charge >= 0.3 is 0 Å². The summed E-state index contributed by atoms with van der Waals surface area (Å²) in [6.07, 6.45) is 0. The van der Waals surface area contributed by atoms with Crippen molar-refractivity contribution in [2.75, 3.05) is 7.11 Å². The van der Waals surface area contributed by atoms with Crippen molar-refractivity contribution in [2.45, 2.75) is 18.9 Å². The van der Waals surface area contributed by atoms with Gasteiger partial charge in [0.05, 0.1) is 11.6 Å². The third kappa shape index (κ3) is 3.76. The Morgan fingerprint density at radius 1 is 1.05 bits per heavy atom. The Bertz CT molecular complexity index is 597. The molecule has 0 saturated carbocycles. The molecular weight excluding hydrogens is 384 g/mol. The molecule has 0 fully saturated rings. The van der Waals surface area contributed by atoms with Gasteiger partial charge in [-0.25, -0.2) is 0 Å². The largest absolute Gasteiger partial charge is 0.496 e. The number of hydrogen-bond donors (Lipinski definition) is 0. The third-order valence-corrected chi connectivity index (χ3v) is 4.24. The van der Waals surface area contributed by atoms with E-state index in [4.69, 9.17) is 9.47 Å². The van der Waals surface area contributed by atoms with Crippen LogP contribution in [0.3, 0.4) is 0 Å². The number of alkyl halides is 1. The number of benzene rings is 2. The van der Waals surface area contributed by atoms with E-state index in [0.717, 1.165) is 26.9 Å². The van der Waals surface area contributed by atoms with Crippen LogP contribution in [0.1, 0.15) is 16.7 Å². The highest BCUT2D eigenvalue weighted by molar-refractivity contribution is 9.10. The van der Waals surface area contributed by atoms with Gasteiger partial charge in [-0.05, 0) is 52.7 Å². The number of rotatable bonds is 5. The Balaban J connectivity index is 2.14. The smallest absolute Gasteiger partial charge is 0.134 e. The second kappa shape index (κ2) is 7.14. The van der Waals surface area contributed by atoms with Crippen molar-refractivity contribution in [1.82, 2.24) is 0 Å². The van der Waals surface area contributed by atoms with Gasteiger partial charge in [-0.15, -0.1) is 0 Å². The van der Waals surface area contributed by atoms with Gasteiger partial charge < -0.3 is 9.47 Å². The van der Waals surface area contributed by atoms with Crippen molar-refractivity contribution in [1.29, 1.82) is 0 Å². The van der Waals surface area contributed by atoms with Crippen LogP contribution in [0.15, 0.2) is 40.9 Å². The van der Waals surface area contributed by atoms with E-state index in [2.05, 4.69) is 50.9 Å². The van der Waals surface area contributed by atoms with Crippen LogP contribution >= 0.6 is 31.9 Å². The molecule has 0 spiro atoms. The Morgan fingerprint density at radius 3 is 2.45 bits per heavy atom. The van der Waals surface area contributed by atoms with Gasteiger partial charge in [0.2, 0.25) is 0 Å². The molecule has 2 rings (SSSR count). The summed E-state index contributed by atoms with van der Waals surface area (Å²) in [7, 11) is 1.68. The van der Waals surface area contributed by atoms with Crippen molar-refractivity contribution in [2.24, 2.45) is 0 Å². The minimum Gasteiger partial charge on any atom is -0.496 e. The topological polar surface area (TPSA) is 18.5 Å². The minimum atomic E-state index is 0.483. The summed E-state index contributed by atoms with van der Waals surface area (Å²) in [5.41, 5.74) is 3.44. The van der Waals surface area contributed by atoms with E-state index in [1.165, 1.54) is 11.1 Å². The van der Waals surface area contributed by atoms with Crippen molar-refractivity contribution in [3.8, 4) is 11.5 Å². The molecule has 4 heteroatoms. The summed E-state index contributed by atoms with van der Waals surface area (Å²) < 4.78 is 12.2. The van der Waals surface area contributed by atoms with Gasteiger partial charge in [-0.3, -0.25) is 0 Å². The fourth-order valence-corrected chi connectivity index (χ4v) is 2.81. The van der Waals surface area contributed by atoms with E-state index < -0.39 is 0 Å². The molecule has 0 heterocycles. The first-order chi connectivity index (χ1) is 9.63. The predicted molar refractivity (Wildman–Crippen MR) is 88.8 cm³/mol. The molecule has 0 amide bonds. The highest BCUT2D eigenvalue weighted by Crippen LogP contribution is 2.29. The van der Waals surface area contributed by atoms with Gasteiger partial charge in [0, 0.05) is 10.9 Å². The Kier molecular flexibility index (Phi) is 5.49. The average molecular weight is 400 g/mol. The van der Waals surface area contributed by atoms with Crippen LogP contribution in [0.4, 0.5) is 0 Å². The first kappa shape index (κ1) is 15.4. The molecule has 0 N–H and O–H groups in total. The Hall–Kier alpha value is -1.000. The Labute approximate surface area is 136 Å². The van der Waals surface area contributed by atoms with E-state index in [1.807, 2.05) is 24.3 Å².